The molecular formula is C16H18ClNO3. The number of ether oxygens (including phenoxy) is 2. The van der Waals surface area contributed by atoms with Gasteiger partial charge in [0, 0.05) is 17.0 Å². The van der Waals surface area contributed by atoms with Gasteiger partial charge >= 0.3 is 5.97 Å². The van der Waals surface area contributed by atoms with Gasteiger partial charge in [-0.2, -0.15) is 0 Å². The number of fused-ring (bicyclic) bond motifs is 1. The maximum atomic E-state index is 12.1. The SMILES string of the molecule is CC(C)(C)OCCOC(=O)c1cnc(Cl)c2ccccc12. The average molecular weight is 308 g/mol. The molecule has 0 spiro atoms. The molecule has 5 heteroatoms. The third-order valence-corrected chi connectivity index (χ3v) is 3.12. The lowest BCUT2D eigenvalue weighted by Gasteiger charge is -2.19. The first-order valence-corrected chi connectivity index (χ1v) is 7.10. The molecule has 0 N–H and O–H groups in total. The summed E-state index contributed by atoms with van der Waals surface area (Å²) in [7, 11) is 0. The summed E-state index contributed by atoms with van der Waals surface area (Å²) in [6.45, 7) is 6.41. The summed E-state index contributed by atoms with van der Waals surface area (Å²) >= 11 is 6.03. The van der Waals surface area contributed by atoms with Crippen molar-refractivity contribution >= 4 is 28.3 Å². The van der Waals surface area contributed by atoms with Crippen LogP contribution in [0.3, 0.4) is 0 Å². The molecule has 0 saturated carbocycles. The lowest BCUT2D eigenvalue weighted by Crippen LogP contribution is -2.22. The second-order valence-corrected chi connectivity index (χ2v) is 5.96. The van der Waals surface area contributed by atoms with E-state index in [-0.39, 0.29) is 12.2 Å². The van der Waals surface area contributed by atoms with Gasteiger partial charge in [0.15, 0.2) is 0 Å². The number of benzene rings is 1. The number of halogens is 1. The molecule has 0 aliphatic heterocycles. The molecule has 1 aromatic heterocycles. The second kappa shape index (κ2) is 6.41. The van der Waals surface area contributed by atoms with E-state index in [9.17, 15) is 4.79 Å². The maximum Gasteiger partial charge on any atom is 0.340 e. The topological polar surface area (TPSA) is 48.4 Å². The van der Waals surface area contributed by atoms with Gasteiger partial charge in [0.1, 0.15) is 11.8 Å². The first-order valence-electron chi connectivity index (χ1n) is 6.73. The fourth-order valence-corrected chi connectivity index (χ4v) is 2.09. The Morgan fingerprint density at radius 3 is 2.52 bits per heavy atom. The van der Waals surface area contributed by atoms with Crippen LogP contribution in [-0.2, 0) is 9.47 Å². The van der Waals surface area contributed by atoms with Gasteiger partial charge in [-0.05, 0) is 20.8 Å². The van der Waals surface area contributed by atoms with Crippen LogP contribution >= 0.6 is 11.6 Å². The minimum Gasteiger partial charge on any atom is -0.460 e. The summed E-state index contributed by atoms with van der Waals surface area (Å²) in [6.07, 6.45) is 1.44. The summed E-state index contributed by atoms with van der Waals surface area (Å²) in [5.74, 6) is -0.423. The van der Waals surface area contributed by atoms with Crippen molar-refractivity contribution in [3.8, 4) is 0 Å². The number of nitrogens with zero attached hydrogens (tertiary/aromatic N) is 1. The molecule has 0 atom stereocenters. The molecule has 1 heterocycles. The highest BCUT2D eigenvalue weighted by Gasteiger charge is 2.15. The van der Waals surface area contributed by atoms with Gasteiger partial charge in [-0.25, -0.2) is 9.78 Å². The molecule has 0 bridgehead atoms. The Morgan fingerprint density at radius 1 is 1.19 bits per heavy atom. The van der Waals surface area contributed by atoms with E-state index in [2.05, 4.69) is 4.98 Å². The fraction of sp³-hybridized carbons (Fsp3) is 0.375. The minimum atomic E-state index is -0.423. The molecule has 1 aromatic carbocycles. The molecule has 0 fully saturated rings. The Bertz CT molecular complexity index is 650. The van der Waals surface area contributed by atoms with Gasteiger partial charge in [-0.3, -0.25) is 0 Å². The van der Waals surface area contributed by atoms with Crippen molar-refractivity contribution in [3.05, 3.63) is 41.2 Å². The normalized spacial score (nSPS) is 11.6. The van der Waals surface area contributed by atoms with Crippen LogP contribution < -0.4 is 0 Å². The molecule has 21 heavy (non-hydrogen) atoms. The molecule has 0 unspecified atom stereocenters. The second-order valence-electron chi connectivity index (χ2n) is 5.61. The van der Waals surface area contributed by atoms with Crippen LogP contribution in [0.4, 0.5) is 0 Å². The van der Waals surface area contributed by atoms with Crippen molar-refractivity contribution in [1.29, 1.82) is 0 Å². The largest absolute Gasteiger partial charge is 0.460 e. The smallest absolute Gasteiger partial charge is 0.340 e. The molecule has 2 aromatic rings. The standard InChI is InChI=1S/C16H18ClNO3/c1-16(2,3)21-9-8-20-15(19)13-10-18-14(17)12-7-5-4-6-11(12)13/h4-7,10H,8-9H2,1-3H3. The highest BCUT2D eigenvalue weighted by Crippen LogP contribution is 2.24. The van der Waals surface area contributed by atoms with E-state index in [1.54, 1.807) is 0 Å². The van der Waals surface area contributed by atoms with Crippen LogP contribution in [0.25, 0.3) is 10.8 Å². The van der Waals surface area contributed by atoms with Crippen molar-refractivity contribution < 1.29 is 14.3 Å². The number of carbonyl (C=O) groups is 1. The number of hydrogen-bond acceptors (Lipinski definition) is 4. The lowest BCUT2D eigenvalue weighted by molar-refractivity contribution is -0.0281. The molecule has 4 nitrogen and oxygen atoms in total. The van der Waals surface area contributed by atoms with Crippen LogP contribution in [0.15, 0.2) is 30.5 Å². The molecule has 0 radical (unpaired) electrons. The van der Waals surface area contributed by atoms with E-state index in [1.807, 2.05) is 45.0 Å². The third kappa shape index (κ3) is 4.16. The van der Waals surface area contributed by atoms with Gasteiger partial charge in [0.2, 0.25) is 0 Å². The van der Waals surface area contributed by atoms with Gasteiger partial charge in [0.05, 0.1) is 17.8 Å². The predicted octanol–water partition coefficient (Wildman–Crippen LogP) is 3.86. The first kappa shape index (κ1) is 15.7. The Hall–Kier alpha value is -1.65. The average Bonchev–Trinajstić information content (AvgIpc) is 2.43. The Balaban J connectivity index is 2.08. The van der Waals surface area contributed by atoms with E-state index in [0.717, 1.165) is 10.8 Å². The Kier molecular flexibility index (Phi) is 4.80. The minimum absolute atomic E-state index is 0.201. The number of rotatable bonds is 4. The number of carbonyl (C=O) groups excluding carboxylic acids is 1. The zero-order chi connectivity index (χ0) is 15.5. The van der Waals surface area contributed by atoms with Crippen LogP contribution in [0, 0.1) is 0 Å². The first-order chi connectivity index (χ1) is 9.88. The number of aromatic nitrogens is 1. The molecule has 2 rings (SSSR count). The highest BCUT2D eigenvalue weighted by atomic mass is 35.5. The summed E-state index contributed by atoms with van der Waals surface area (Å²) in [4.78, 5) is 16.2. The molecule has 0 amide bonds. The van der Waals surface area contributed by atoms with E-state index in [1.165, 1.54) is 6.20 Å². The summed E-state index contributed by atoms with van der Waals surface area (Å²) in [5, 5.41) is 1.84. The number of hydrogen-bond donors (Lipinski definition) is 0. The van der Waals surface area contributed by atoms with Crippen LogP contribution in [0.5, 0.6) is 0 Å². The third-order valence-electron chi connectivity index (χ3n) is 2.82. The fourth-order valence-electron chi connectivity index (χ4n) is 1.88. The lowest BCUT2D eigenvalue weighted by atomic mass is 10.1. The number of pyridine rings is 1. The summed E-state index contributed by atoms with van der Waals surface area (Å²) < 4.78 is 10.7. The van der Waals surface area contributed by atoms with Gasteiger partial charge in [-0.1, -0.05) is 35.9 Å². The van der Waals surface area contributed by atoms with Crippen LogP contribution in [-0.4, -0.2) is 29.8 Å². The monoisotopic (exact) mass is 307 g/mol. The maximum absolute atomic E-state index is 12.1. The quantitative estimate of drug-likeness (QED) is 0.489. The van der Waals surface area contributed by atoms with Crippen LogP contribution in [0.2, 0.25) is 5.15 Å². The van der Waals surface area contributed by atoms with Gasteiger partial charge in [0.25, 0.3) is 0 Å². The molecular weight excluding hydrogens is 290 g/mol. The predicted molar refractivity (Wildman–Crippen MR) is 82.7 cm³/mol. The Morgan fingerprint density at radius 2 is 1.86 bits per heavy atom. The van der Waals surface area contributed by atoms with E-state index < -0.39 is 5.97 Å². The van der Waals surface area contributed by atoms with Crippen molar-refractivity contribution in [2.75, 3.05) is 13.2 Å². The molecule has 112 valence electrons. The van der Waals surface area contributed by atoms with Crippen molar-refractivity contribution in [2.24, 2.45) is 0 Å². The van der Waals surface area contributed by atoms with Crippen molar-refractivity contribution in [3.63, 3.8) is 0 Å². The highest BCUT2D eigenvalue weighted by molar-refractivity contribution is 6.34. The van der Waals surface area contributed by atoms with Gasteiger partial charge in [-0.15, -0.1) is 0 Å². The van der Waals surface area contributed by atoms with Crippen molar-refractivity contribution in [2.45, 2.75) is 26.4 Å². The zero-order valence-corrected chi connectivity index (χ0v) is 13.1. The molecule has 0 aliphatic rings. The summed E-state index contributed by atoms with van der Waals surface area (Å²) in [6, 6.07) is 7.34. The van der Waals surface area contributed by atoms with Crippen LogP contribution in [0.1, 0.15) is 31.1 Å². The van der Waals surface area contributed by atoms with E-state index in [0.29, 0.717) is 17.3 Å². The number of esters is 1. The summed E-state index contributed by atoms with van der Waals surface area (Å²) in [5.41, 5.74) is 0.159. The van der Waals surface area contributed by atoms with E-state index >= 15 is 0 Å². The molecule has 0 aliphatic carbocycles. The zero-order valence-electron chi connectivity index (χ0n) is 12.4. The van der Waals surface area contributed by atoms with E-state index in [4.69, 9.17) is 21.1 Å². The molecule has 0 saturated heterocycles. The van der Waals surface area contributed by atoms with Crippen molar-refractivity contribution in [1.82, 2.24) is 4.98 Å². The van der Waals surface area contributed by atoms with Gasteiger partial charge < -0.3 is 9.47 Å². The Labute approximate surface area is 129 Å².